The zero-order valence-electron chi connectivity index (χ0n) is 10.2. The lowest BCUT2D eigenvalue weighted by Crippen LogP contribution is -2.23. The molecule has 90 valence electrons. The van der Waals surface area contributed by atoms with E-state index in [1.807, 2.05) is 29.9 Å². The van der Waals surface area contributed by atoms with E-state index in [2.05, 4.69) is 23.4 Å². The fourth-order valence-electron chi connectivity index (χ4n) is 1.92. The molecule has 1 heterocycles. The molecule has 1 aromatic carbocycles. The summed E-state index contributed by atoms with van der Waals surface area (Å²) in [6.45, 7) is 5.29. The van der Waals surface area contributed by atoms with Gasteiger partial charge >= 0.3 is 0 Å². The minimum atomic E-state index is 0.0730. The van der Waals surface area contributed by atoms with Crippen LogP contribution in [0.1, 0.15) is 18.9 Å². The van der Waals surface area contributed by atoms with E-state index in [4.69, 9.17) is 0 Å². The largest absolute Gasteiger partial charge is 0.356 e. The van der Waals surface area contributed by atoms with Crippen LogP contribution in [0.25, 0.3) is 10.9 Å². The predicted octanol–water partition coefficient (Wildman–Crippen LogP) is 1.87. The van der Waals surface area contributed by atoms with Gasteiger partial charge in [-0.1, -0.05) is 12.1 Å². The van der Waals surface area contributed by atoms with Crippen LogP contribution in [-0.2, 0) is 11.3 Å². The average molecular weight is 231 g/mol. The van der Waals surface area contributed by atoms with E-state index in [0.29, 0.717) is 19.5 Å². The SMILES string of the molecule is CCNC(=O)CCn1ncc2c(C)cccc21. The molecule has 1 aromatic heterocycles. The van der Waals surface area contributed by atoms with Gasteiger partial charge in [0.05, 0.1) is 18.3 Å². The molecule has 0 unspecified atom stereocenters. The van der Waals surface area contributed by atoms with E-state index in [1.165, 1.54) is 5.56 Å². The number of benzene rings is 1. The van der Waals surface area contributed by atoms with E-state index in [-0.39, 0.29) is 5.91 Å². The minimum absolute atomic E-state index is 0.0730. The Balaban J connectivity index is 2.14. The van der Waals surface area contributed by atoms with E-state index in [9.17, 15) is 4.79 Å². The lowest BCUT2D eigenvalue weighted by atomic mass is 10.1. The predicted molar refractivity (Wildman–Crippen MR) is 67.8 cm³/mol. The maximum absolute atomic E-state index is 11.4. The lowest BCUT2D eigenvalue weighted by Gasteiger charge is -2.04. The van der Waals surface area contributed by atoms with Crippen LogP contribution in [-0.4, -0.2) is 22.2 Å². The first-order chi connectivity index (χ1) is 8.22. The highest BCUT2D eigenvalue weighted by atomic mass is 16.1. The Morgan fingerprint density at radius 3 is 3.06 bits per heavy atom. The van der Waals surface area contributed by atoms with Crippen molar-refractivity contribution in [2.75, 3.05) is 6.54 Å². The van der Waals surface area contributed by atoms with Crippen LogP contribution in [0.5, 0.6) is 0 Å². The first-order valence-corrected chi connectivity index (χ1v) is 5.90. The van der Waals surface area contributed by atoms with Crippen molar-refractivity contribution in [3.05, 3.63) is 30.0 Å². The molecule has 1 amide bonds. The number of rotatable bonds is 4. The van der Waals surface area contributed by atoms with Crippen LogP contribution >= 0.6 is 0 Å². The van der Waals surface area contributed by atoms with Crippen molar-refractivity contribution >= 4 is 16.8 Å². The highest BCUT2D eigenvalue weighted by Gasteiger charge is 2.06. The molecule has 0 aliphatic rings. The number of nitrogens with one attached hydrogen (secondary N) is 1. The summed E-state index contributed by atoms with van der Waals surface area (Å²) in [6.07, 6.45) is 2.33. The fourth-order valence-corrected chi connectivity index (χ4v) is 1.92. The molecular weight excluding hydrogens is 214 g/mol. The van der Waals surface area contributed by atoms with E-state index >= 15 is 0 Å². The molecule has 2 rings (SSSR count). The van der Waals surface area contributed by atoms with Crippen molar-refractivity contribution in [3.8, 4) is 0 Å². The molecule has 17 heavy (non-hydrogen) atoms. The van der Waals surface area contributed by atoms with Gasteiger partial charge in [0.2, 0.25) is 5.91 Å². The summed E-state index contributed by atoms with van der Waals surface area (Å²) in [5.41, 5.74) is 2.31. The van der Waals surface area contributed by atoms with Crippen molar-refractivity contribution in [1.29, 1.82) is 0 Å². The standard InChI is InChI=1S/C13H17N3O/c1-3-14-13(17)7-8-16-12-6-4-5-10(2)11(12)9-15-16/h4-6,9H,3,7-8H2,1-2H3,(H,14,17). The number of fused-ring (bicyclic) bond motifs is 1. The smallest absolute Gasteiger partial charge is 0.221 e. The Morgan fingerprint density at radius 1 is 1.47 bits per heavy atom. The molecule has 0 radical (unpaired) electrons. The minimum Gasteiger partial charge on any atom is -0.356 e. The van der Waals surface area contributed by atoms with E-state index in [1.54, 1.807) is 0 Å². The molecule has 0 spiro atoms. The fraction of sp³-hybridized carbons (Fsp3) is 0.385. The van der Waals surface area contributed by atoms with Gasteiger partial charge < -0.3 is 5.32 Å². The van der Waals surface area contributed by atoms with Crippen molar-refractivity contribution in [2.24, 2.45) is 0 Å². The third kappa shape index (κ3) is 2.46. The Morgan fingerprint density at radius 2 is 2.29 bits per heavy atom. The average Bonchev–Trinajstić information content (AvgIpc) is 2.72. The number of nitrogens with zero attached hydrogens (tertiary/aromatic N) is 2. The van der Waals surface area contributed by atoms with Crippen molar-refractivity contribution in [1.82, 2.24) is 15.1 Å². The van der Waals surface area contributed by atoms with E-state index in [0.717, 1.165) is 10.9 Å². The molecule has 0 aliphatic heterocycles. The van der Waals surface area contributed by atoms with Gasteiger partial charge in [-0.2, -0.15) is 5.10 Å². The van der Waals surface area contributed by atoms with Crippen molar-refractivity contribution < 1.29 is 4.79 Å². The molecule has 1 N–H and O–H groups in total. The Bertz CT molecular complexity index is 530. The molecule has 0 aliphatic carbocycles. The molecule has 0 fully saturated rings. The zero-order chi connectivity index (χ0) is 12.3. The lowest BCUT2D eigenvalue weighted by molar-refractivity contribution is -0.121. The Kier molecular flexibility index (Phi) is 3.42. The summed E-state index contributed by atoms with van der Waals surface area (Å²) in [5, 5.41) is 8.27. The third-order valence-electron chi connectivity index (χ3n) is 2.83. The van der Waals surface area contributed by atoms with Crippen LogP contribution in [0.3, 0.4) is 0 Å². The number of aryl methyl sites for hydroxylation is 2. The number of hydrogen-bond donors (Lipinski definition) is 1. The second-order valence-corrected chi connectivity index (χ2v) is 4.08. The first-order valence-electron chi connectivity index (χ1n) is 5.90. The van der Waals surface area contributed by atoms with Crippen LogP contribution in [0.4, 0.5) is 0 Å². The normalized spacial score (nSPS) is 10.7. The third-order valence-corrected chi connectivity index (χ3v) is 2.83. The summed E-state index contributed by atoms with van der Waals surface area (Å²) in [7, 11) is 0. The second-order valence-electron chi connectivity index (χ2n) is 4.08. The van der Waals surface area contributed by atoms with Gasteiger partial charge in [-0.25, -0.2) is 0 Å². The number of carbonyl (C=O) groups is 1. The molecule has 0 bridgehead atoms. The summed E-state index contributed by atoms with van der Waals surface area (Å²) < 4.78 is 1.89. The zero-order valence-corrected chi connectivity index (χ0v) is 10.2. The number of aromatic nitrogens is 2. The topological polar surface area (TPSA) is 46.9 Å². The van der Waals surface area contributed by atoms with Crippen LogP contribution in [0.2, 0.25) is 0 Å². The van der Waals surface area contributed by atoms with Gasteiger partial charge in [0.15, 0.2) is 0 Å². The Hall–Kier alpha value is -1.84. The van der Waals surface area contributed by atoms with Crippen LogP contribution in [0, 0.1) is 6.92 Å². The van der Waals surface area contributed by atoms with Gasteiger partial charge in [0.25, 0.3) is 0 Å². The van der Waals surface area contributed by atoms with Gasteiger partial charge in [-0.15, -0.1) is 0 Å². The van der Waals surface area contributed by atoms with Gasteiger partial charge in [0, 0.05) is 18.4 Å². The van der Waals surface area contributed by atoms with Gasteiger partial charge in [-0.05, 0) is 25.5 Å². The molecule has 0 saturated heterocycles. The van der Waals surface area contributed by atoms with Crippen LogP contribution < -0.4 is 5.32 Å². The number of amides is 1. The second kappa shape index (κ2) is 4.99. The van der Waals surface area contributed by atoms with Crippen LogP contribution in [0.15, 0.2) is 24.4 Å². The quantitative estimate of drug-likeness (QED) is 0.873. The van der Waals surface area contributed by atoms with Crippen molar-refractivity contribution in [2.45, 2.75) is 26.8 Å². The first kappa shape index (κ1) is 11.6. The van der Waals surface area contributed by atoms with E-state index < -0.39 is 0 Å². The highest BCUT2D eigenvalue weighted by molar-refractivity contribution is 5.82. The summed E-state index contributed by atoms with van der Waals surface area (Å²) >= 11 is 0. The molecule has 0 atom stereocenters. The maximum atomic E-state index is 11.4. The monoisotopic (exact) mass is 231 g/mol. The molecule has 0 saturated carbocycles. The Labute approximate surface area is 101 Å². The summed E-state index contributed by atoms with van der Waals surface area (Å²) in [5.74, 6) is 0.0730. The summed E-state index contributed by atoms with van der Waals surface area (Å²) in [4.78, 5) is 11.4. The number of carbonyl (C=O) groups excluding carboxylic acids is 1. The maximum Gasteiger partial charge on any atom is 0.221 e. The highest BCUT2D eigenvalue weighted by Crippen LogP contribution is 2.17. The molecular formula is C13H17N3O. The van der Waals surface area contributed by atoms with Gasteiger partial charge in [0.1, 0.15) is 0 Å². The molecule has 4 nitrogen and oxygen atoms in total. The van der Waals surface area contributed by atoms with Crippen molar-refractivity contribution in [3.63, 3.8) is 0 Å². The molecule has 4 heteroatoms. The number of hydrogen-bond acceptors (Lipinski definition) is 2. The van der Waals surface area contributed by atoms with Gasteiger partial charge in [-0.3, -0.25) is 9.48 Å². The molecule has 2 aromatic rings. The summed E-state index contributed by atoms with van der Waals surface area (Å²) in [6, 6.07) is 6.12.